The predicted molar refractivity (Wildman–Crippen MR) is 354 cm³/mol. The minimum atomic E-state index is -4.95. The number of phosphoric acid groups is 2. The summed E-state index contributed by atoms with van der Waals surface area (Å²) in [6.45, 7) is 14.0. The van der Waals surface area contributed by atoms with Gasteiger partial charge in [-0.1, -0.05) is 287 Å². The molecular formula is C69H134O17P2. The second kappa shape index (κ2) is 58.8. The van der Waals surface area contributed by atoms with E-state index in [1.165, 1.54) is 135 Å². The molecule has 0 aromatic rings. The highest BCUT2D eigenvalue weighted by molar-refractivity contribution is 7.47. The molecule has 0 rings (SSSR count). The van der Waals surface area contributed by atoms with Gasteiger partial charge in [0.15, 0.2) is 12.2 Å². The first-order valence-electron chi connectivity index (χ1n) is 35.7. The largest absolute Gasteiger partial charge is 0.472 e. The van der Waals surface area contributed by atoms with E-state index in [0.29, 0.717) is 31.6 Å². The van der Waals surface area contributed by atoms with E-state index in [1.54, 1.807) is 0 Å². The highest BCUT2D eigenvalue weighted by Crippen LogP contribution is 2.45. The molecule has 3 unspecified atom stereocenters. The molecule has 0 fully saturated rings. The summed E-state index contributed by atoms with van der Waals surface area (Å²) >= 11 is 0. The Morgan fingerprint density at radius 2 is 0.545 bits per heavy atom. The zero-order valence-electron chi connectivity index (χ0n) is 57.3. The van der Waals surface area contributed by atoms with Crippen molar-refractivity contribution >= 4 is 39.5 Å². The van der Waals surface area contributed by atoms with Crippen LogP contribution in [0.5, 0.6) is 0 Å². The summed E-state index contributed by atoms with van der Waals surface area (Å²) in [7, 11) is -9.90. The number of ether oxygens (including phenoxy) is 4. The third-order valence-corrected chi connectivity index (χ3v) is 18.1. The number of unbranched alkanes of at least 4 members (excludes halogenated alkanes) is 31. The van der Waals surface area contributed by atoms with Gasteiger partial charge < -0.3 is 33.8 Å². The molecule has 0 bridgehead atoms. The van der Waals surface area contributed by atoms with E-state index in [-0.39, 0.29) is 25.7 Å². The van der Waals surface area contributed by atoms with Gasteiger partial charge in [-0.15, -0.1) is 0 Å². The third-order valence-electron chi connectivity index (χ3n) is 16.2. The van der Waals surface area contributed by atoms with Gasteiger partial charge in [-0.25, -0.2) is 9.13 Å². The Bertz CT molecular complexity index is 1750. The van der Waals surface area contributed by atoms with Crippen LogP contribution in [-0.2, 0) is 65.4 Å². The molecule has 17 nitrogen and oxygen atoms in total. The number of hydrogen-bond acceptors (Lipinski definition) is 15. The molecule has 0 radical (unpaired) electrons. The maximum absolute atomic E-state index is 13.0. The van der Waals surface area contributed by atoms with Gasteiger partial charge in [0.2, 0.25) is 0 Å². The van der Waals surface area contributed by atoms with Gasteiger partial charge in [0.05, 0.1) is 26.4 Å². The Morgan fingerprint density at radius 3 is 0.807 bits per heavy atom. The summed E-state index contributed by atoms with van der Waals surface area (Å²) < 4.78 is 68.2. The number of carbonyl (C=O) groups excluding carboxylic acids is 4. The first kappa shape index (κ1) is 86.1. The molecule has 0 aliphatic carbocycles. The van der Waals surface area contributed by atoms with Crippen LogP contribution in [0.4, 0.5) is 0 Å². The SMILES string of the molecule is CCC(C)CCCCCCCCC(=O)O[C@H](COC(=O)CCCCCCCCCCCCC(C)C)COP(=O)(O)OC[C@@H](O)COP(=O)(O)OC[C@@H](COC(=O)CCCCCCCCC(C)C)OC(=O)CCCCCCCCCCCCCCCC(C)C. The zero-order chi connectivity index (χ0) is 65.4. The van der Waals surface area contributed by atoms with Gasteiger partial charge in [0, 0.05) is 25.7 Å². The molecular weight excluding hydrogens is 1160 g/mol. The molecule has 0 saturated carbocycles. The Balaban J connectivity index is 5.22. The van der Waals surface area contributed by atoms with Crippen LogP contribution in [0.1, 0.15) is 338 Å². The molecule has 0 amide bonds. The fourth-order valence-electron chi connectivity index (χ4n) is 10.3. The summed E-state index contributed by atoms with van der Waals surface area (Å²) in [4.78, 5) is 72.4. The fraction of sp³-hybridized carbons (Fsp3) is 0.942. The van der Waals surface area contributed by atoms with Gasteiger partial charge in [0.1, 0.15) is 19.3 Å². The van der Waals surface area contributed by atoms with Crippen molar-refractivity contribution in [1.29, 1.82) is 0 Å². The molecule has 0 spiro atoms. The Hall–Kier alpha value is -1.94. The van der Waals surface area contributed by atoms with Gasteiger partial charge >= 0.3 is 39.5 Å². The van der Waals surface area contributed by atoms with Crippen LogP contribution < -0.4 is 0 Å². The molecule has 0 aliphatic heterocycles. The van der Waals surface area contributed by atoms with Gasteiger partial charge in [-0.2, -0.15) is 0 Å². The van der Waals surface area contributed by atoms with Crippen LogP contribution in [0, 0.1) is 23.7 Å². The van der Waals surface area contributed by atoms with Gasteiger partial charge in [-0.05, 0) is 49.4 Å². The lowest BCUT2D eigenvalue weighted by Gasteiger charge is -2.21. The first-order chi connectivity index (χ1) is 42.1. The van der Waals surface area contributed by atoms with E-state index < -0.39 is 97.5 Å². The fourth-order valence-corrected chi connectivity index (χ4v) is 11.9. The lowest BCUT2D eigenvalue weighted by atomic mass is 10.00. The van der Waals surface area contributed by atoms with Crippen molar-refractivity contribution in [1.82, 2.24) is 0 Å². The van der Waals surface area contributed by atoms with Crippen molar-refractivity contribution in [2.24, 2.45) is 23.7 Å². The Labute approximate surface area is 537 Å². The summed E-state index contributed by atoms with van der Waals surface area (Å²) in [6.07, 6.45) is 40.5. The van der Waals surface area contributed by atoms with Gasteiger partial charge in [-0.3, -0.25) is 37.3 Å². The standard InChI is InChI=1S/C69H134O17P2/c1-9-62(8)48-40-32-26-28-36-44-52-69(74)86-65(55-79-66(71)49-41-33-23-19-16-15-18-22-30-38-46-60(4)5)58-84-88(77,78)82-54-63(70)53-81-87(75,76)83-57-64(56-80-67(72)50-42-34-27-25-31-39-47-61(6)7)85-68(73)51-43-35-24-20-14-12-10-11-13-17-21-29-37-45-59(2)3/h59-65,70H,9-58H2,1-8H3,(H,75,76)(H,77,78)/t62?,63-,64+,65+/m0/s1. The molecule has 0 heterocycles. The van der Waals surface area contributed by atoms with Crippen molar-refractivity contribution in [3.63, 3.8) is 0 Å². The molecule has 0 aliphatic rings. The zero-order valence-corrected chi connectivity index (χ0v) is 59.1. The highest BCUT2D eigenvalue weighted by Gasteiger charge is 2.30. The molecule has 3 N–H and O–H groups in total. The molecule has 0 aromatic carbocycles. The number of aliphatic hydroxyl groups excluding tert-OH is 1. The number of phosphoric ester groups is 2. The van der Waals surface area contributed by atoms with Gasteiger partial charge in [0.25, 0.3) is 0 Å². The van der Waals surface area contributed by atoms with Crippen LogP contribution >= 0.6 is 15.6 Å². The minimum Gasteiger partial charge on any atom is -0.462 e. The highest BCUT2D eigenvalue weighted by atomic mass is 31.2. The van der Waals surface area contributed by atoms with Crippen molar-refractivity contribution in [2.75, 3.05) is 39.6 Å². The maximum Gasteiger partial charge on any atom is 0.472 e. The average molecular weight is 1300 g/mol. The lowest BCUT2D eigenvalue weighted by molar-refractivity contribution is -0.161. The van der Waals surface area contributed by atoms with E-state index in [9.17, 15) is 43.2 Å². The van der Waals surface area contributed by atoms with Crippen molar-refractivity contribution in [3.05, 3.63) is 0 Å². The second-order valence-corrected chi connectivity index (χ2v) is 29.5. The molecule has 6 atom stereocenters. The Kier molecular flexibility index (Phi) is 57.6. The number of rotatable bonds is 66. The van der Waals surface area contributed by atoms with Crippen molar-refractivity contribution in [2.45, 2.75) is 356 Å². The average Bonchev–Trinajstić information content (AvgIpc) is 3.53. The molecule has 0 aromatic heterocycles. The Morgan fingerprint density at radius 1 is 0.318 bits per heavy atom. The van der Waals surface area contributed by atoms with E-state index >= 15 is 0 Å². The van der Waals surface area contributed by atoms with Crippen LogP contribution in [-0.4, -0.2) is 96.7 Å². The molecule has 0 saturated heterocycles. The topological polar surface area (TPSA) is 237 Å². The quantitative estimate of drug-likeness (QED) is 0.0222. The predicted octanol–water partition coefficient (Wildman–Crippen LogP) is 19.3. The van der Waals surface area contributed by atoms with E-state index in [4.69, 9.17) is 37.0 Å². The molecule has 88 heavy (non-hydrogen) atoms. The van der Waals surface area contributed by atoms with E-state index in [2.05, 4.69) is 55.4 Å². The van der Waals surface area contributed by atoms with Crippen LogP contribution in [0.25, 0.3) is 0 Å². The van der Waals surface area contributed by atoms with Crippen LogP contribution in [0.3, 0.4) is 0 Å². The smallest absolute Gasteiger partial charge is 0.462 e. The van der Waals surface area contributed by atoms with E-state index in [0.717, 1.165) is 114 Å². The van der Waals surface area contributed by atoms with Crippen molar-refractivity contribution < 1.29 is 80.2 Å². The number of carbonyl (C=O) groups is 4. The second-order valence-electron chi connectivity index (χ2n) is 26.6. The normalized spacial score (nSPS) is 14.6. The van der Waals surface area contributed by atoms with Crippen LogP contribution in [0.2, 0.25) is 0 Å². The monoisotopic (exact) mass is 1300 g/mol. The summed E-state index contributed by atoms with van der Waals surface area (Å²) in [5.41, 5.74) is 0. The maximum atomic E-state index is 13.0. The first-order valence-corrected chi connectivity index (χ1v) is 38.7. The summed E-state index contributed by atoms with van der Waals surface area (Å²) in [5.74, 6) is 0.810. The van der Waals surface area contributed by atoms with Crippen LogP contribution in [0.15, 0.2) is 0 Å². The number of hydrogen-bond donors (Lipinski definition) is 3. The number of esters is 4. The number of aliphatic hydroxyl groups is 1. The summed E-state index contributed by atoms with van der Waals surface area (Å²) in [5, 5.41) is 10.6. The third kappa shape index (κ3) is 61.6. The molecule has 522 valence electrons. The van der Waals surface area contributed by atoms with Crippen molar-refractivity contribution in [3.8, 4) is 0 Å². The lowest BCUT2D eigenvalue weighted by Crippen LogP contribution is -2.30. The summed E-state index contributed by atoms with van der Waals surface area (Å²) in [6, 6.07) is 0. The molecule has 19 heteroatoms. The van der Waals surface area contributed by atoms with E-state index in [1.807, 2.05) is 0 Å². The minimum absolute atomic E-state index is 0.102.